The summed E-state index contributed by atoms with van der Waals surface area (Å²) < 4.78 is 20.8. The Kier molecular flexibility index (Phi) is 4.68. The van der Waals surface area contributed by atoms with Crippen LogP contribution in [0.4, 0.5) is 4.39 Å². The average molecular weight is 304 g/mol. The van der Waals surface area contributed by atoms with Gasteiger partial charge < -0.3 is 4.74 Å². The molecule has 1 aromatic heterocycles. The van der Waals surface area contributed by atoms with E-state index in [9.17, 15) is 4.39 Å². The maximum Gasteiger partial charge on any atom is 0.137 e. The van der Waals surface area contributed by atoms with Crippen molar-refractivity contribution < 1.29 is 9.13 Å². The Morgan fingerprint density at radius 3 is 3.05 bits per heavy atom. The van der Waals surface area contributed by atoms with Crippen LogP contribution in [0.3, 0.4) is 0 Å². The van der Waals surface area contributed by atoms with E-state index in [1.807, 2.05) is 4.68 Å². The van der Waals surface area contributed by atoms with Gasteiger partial charge in [0.05, 0.1) is 13.7 Å². The fourth-order valence-corrected chi connectivity index (χ4v) is 3.11. The van der Waals surface area contributed by atoms with Crippen LogP contribution in [0.1, 0.15) is 24.8 Å². The Morgan fingerprint density at radius 2 is 2.27 bits per heavy atom. The molecule has 6 heteroatoms. The molecule has 0 aliphatic carbocycles. The molecule has 2 aromatic rings. The lowest BCUT2D eigenvalue weighted by Gasteiger charge is -2.35. The fraction of sp³-hybridized carbons (Fsp3) is 0.500. The van der Waals surface area contributed by atoms with Crippen LogP contribution in [0.15, 0.2) is 30.9 Å². The van der Waals surface area contributed by atoms with E-state index in [0.29, 0.717) is 12.6 Å². The largest absolute Gasteiger partial charge is 0.496 e. The Balaban J connectivity index is 1.75. The molecular formula is C16H21FN4O. The van der Waals surface area contributed by atoms with Crippen LogP contribution in [-0.4, -0.2) is 39.4 Å². The highest BCUT2D eigenvalue weighted by atomic mass is 19.1. The Morgan fingerprint density at radius 1 is 1.36 bits per heavy atom. The van der Waals surface area contributed by atoms with Crippen LogP contribution < -0.4 is 4.74 Å². The van der Waals surface area contributed by atoms with Gasteiger partial charge in [0.15, 0.2) is 0 Å². The first kappa shape index (κ1) is 15.0. The third-order valence-corrected chi connectivity index (χ3v) is 4.23. The number of aromatic nitrogens is 3. The Bertz CT molecular complexity index is 602. The third kappa shape index (κ3) is 3.44. The first-order valence-electron chi connectivity index (χ1n) is 7.65. The van der Waals surface area contributed by atoms with Gasteiger partial charge in [-0.15, -0.1) is 0 Å². The molecule has 2 heterocycles. The molecule has 1 saturated heterocycles. The zero-order valence-corrected chi connectivity index (χ0v) is 12.8. The predicted octanol–water partition coefficient (Wildman–Crippen LogP) is 2.48. The quantitative estimate of drug-likeness (QED) is 0.851. The summed E-state index contributed by atoms with van der Waals surface area (Å²) in [5, 5.41) is 4.19. The van der Waals surface area contributed by atoms with Crippen LogP contribution in [0.5, 0.6) is 5.75 Å². The van der Waals surface area contributed by atoms with Crippen molar-refractivity contribution in [2.75, 3.05) is 13.7 Å². The van der Waals surface area contributed by atoms with Gasteiger partial charge in [0, 0.05) is 18.2 Å². The molecule has 0 N–H and O–H groups in total. The van der Waals surface area contributed by atoms with Crippen molar-refractivity contribution in [2.24, 2.45) is 0 Å². The minimum absolute atomic E-state index is 0.222. The molecule has 0 unspecified atom stereocenters. The van der Waals surface area contributed by atoms with Gasteiger partial charge in [0.1, 0.15) is 24.2 Å². The smallest absolute Gasteiger partial charge is 0.137 e. The molecular weight excluding hydrogens is 283 g/mol. The number of nitrogens with zero attached hydrogens (tertiary/aromatic N) is 4. The van der Waals surface area contributed by atoms with Gasteiger partial charge in [0.2, 0.25) is 0 Å². The highest BCUT2D eigenvalue weighted by molar-refractivity contribution is 5.33. The van der Waals surface area contributed by atoms with Gasteiger partial charge in [-0.1, -0.05) is 6.42 Å². The Labute approximate surface area is 129 Å². The summed E-state index contributed by atoms with van der Waals surface area (Å²) in [7, 11) is 1.62. The monoisotopic (exact) mass is 304 g/mol. The highest BCUT2D eigenvalue weighted by Gasteiger charge is 2.24. The molecule has 3 rings (SSSR count). The van der Waals surface area contributed by atoms with Gasteiger partial charge in [-0.3, -0.25) is 9.58 Å². The Hall–Kier alpha value is -1.95. The van der Waals surface area contributed by atoms with E-state index in [1.54, 1.807) is 31.9 Å². The summed E-state index contributed by atoms with van der Waals surface area (Å²) in [5.74, 6) is 0.520. The van der Waals surface area contributed by atoms with Crippen LogP contribution >= 0.6 is 0 Å². The van der Waals surface area contributed by atoms with Crippen LogP contribution in [0, 0.1) is 5.82 Å². The number of rotatable bonds is 5. The van der Waals surface area contributed by atoms with E-state index < -0.39 is 0 Å². The second kappa shape index (κ2) is 6.87. The maximum atomic E-state index is 13.5. The lowest BCUT2D eigenvalue weighted by molar-refractivity contribution is 0.120. The minimum atomic E-state index is -0.222. The molecule has 0 amide bonds. The summed E-state index contributed by atoms with van der Waals surface area (Å²) in [6.45, 7) is 2.52. The standard InChI is InChI=1S/C16H21FN4O/c1-22-16-6-5-14(17)8-13(16)9-20-7-3-2-4-15(20)10-21-12-18-11-19-21/h5-6,8,11-12,15H,2-4,7,9-10H2,1H3/t15-/m1/s1. The van der Waals surface area contributed by atoms with Crippen molar-refractivity contribution in [1.82, 2.24) is 19.7 Å². The number of ether oxygens (including phenoxy) is 1. The summed E-state index contributed by atoms with van der Waals surface area (Å²) >= 11 is 0. The van der Waals surface area contributed by atoms with Crippen molar-refractivity contribution in [3.8, 4) is 5.75 Å². The molecule has 0 saturated carbocycles. The van der Waals surface area contributed by atoms with Crippen molar-refractivity contribution in [3.05, 3.63) is 42.2 Å². The number of hydrogen-bond donors (Lipinski definition) is 0. The van der Waals surface area contributed by atoms with Crippen molar-refractivity contribution in [2.45, 2.75) is 38.4 Å². The first-order chi connectivity index (χ1) is 10.8. The topological polar surface area (TPSA) is 43.2 Å². The molecule has 5 nitrogen and oxygen atoms in total. The SMILES string of the molecule is COc1ccc(F)cc1CN1CCCC[C@@H]1Cn1cncn1. The number of likely N-dealkylation sites (tertiary alicyclic amines) is 1. The van der Waals surface area contributed by atoms with Crippen molar-refractivity contribution in [3.63, 3.8) is 0 Å². The number of piperidine rings is 1. The normalized spacial score (nSPS) is 19.3. The minimum Gasteiger partial charge on any atom is -0.496 e. The number of halogens is 1. The lowest BCUT2D eigenvalue weighted by Crippen LogP contribution is -2.41. The number of methoxy groups -OCH3 is 1. The molecule has 1 aliphatic rings. The van der Waals surface area contributed by atoms with Crippen molar-refractivity contribution >= 4 is 0 Å². The van der Waals surface area contributed by atoms with Gasteiger partial charge in [-0.05, 0) is 37.6 Å². The average Bonchev–Trinajstić information content (AvgIpc) is 3.02. The van der Waals surface area contributed by atoms with E-state index in [4.69, 9.17) is 4.74 Å². The zero-order chi connectivity index (χ0) is 15.4. The molecule has 1 aromatic carbocycles. The van der Waals surface area contributed by atoms with Gasteiger partial charge >= 0.3 is 0 Å². The molecule has 1 atom stereocenters. The van der Waals surface area contributed by atoms with Gasteiger partial charge in [-0.2, -0.15) is 5.10 Å². The second-order valence-electron chi connectivity index (χ2n) is 5.69. The molecule has 0 bridgehead atoms. The number of hydrogen-bond acceptors (Lipinski definition) is 4. The second-order valence-corrected chi connectivity index (χ2v) is 5.69. The molecule has 1 aliphatic heterocycles. The highest BCUT2D eigenvalue weighted by Crippen LogP contribution is 2.26. The summed E-state index contributed by atoms with van der Waals surface area (Å²) in [6.07, 6.45) is 6.82. The van der Waals surface area contributed by atoms with E-state index >= 15 is 0 Å². The molecule has 1 fully saturated rings. The van der Waals surface area contributed by atoms with Crippen LogP contribution in [0.2, 0.25) is 0 Å². The predicted molar refractivity (Wildman–Crippen MR) is 81.0 cm³/mol. The molecule has 118 valence electrons. The van der Waals surface area contributed by atoms with E-state index in [-0.39, 0.29) is 5.82 Å². The summed E-state index contributed by atoms with van der Waals surface area (Å²) in [6, 6.07) is 5.09. The maximum absolute atomic E-state index is 13.5. The summed E-state index contributed by atoms with van der Waals surface area (Å²) in [5.41, 5.74) is 0.896. The van der Waals surface area contributed by atoms with E-state index in [0.717, 1.165) is 30.8 Å². The lowest BCUT2D eigenvalue weighted by atomic mass is 10.0. The van der Waals surface area contributed by atoms with Gasteiger partial charge in [-0.25, -0.2) is 9.37 Å². The molecule has 0 radical (unpaired) electrons. The molecule has 0 spiro atoms. The van der Waals surface area contributed by atoms with Crippen LogP contribution in [-0.2, 0) is 13.1 Å². The first-order valence-corrected chi connectivity index (χ1v) is 7.65. The number of benzene rings is 1. The van der Waals surface area contributed by atoms with Crippen LogP contribution in [0.25, 0.3) is 0 Å². The van der Waals surface area contributed by atoms with Gasteiger partial charge in [0.25, 0.3) is 0 Å². The fourth-order valence-electron chi connectivity index (χ4n) is 3.11. The van der Waals surface area contributed by atoms with E-state index in [2.05, 4.69) is 15.0 Å². The van der Waals surface area contributed by atoms with E-state index in [1.165, 1.54) is 18.9 Å². The third-order valence-electron chi connectivity index (χ3n) is 4.23. The zero-order valence-electron chi connectivity index (χ0n) is 12.8. The van der Waals surface area contributed by atoms with Crippen molar-refractivity contribution in [1.29, 1.82) is 0 Å². The molecule has 22 heavy (non-hydrogen) atoms. The summed E-state index contributed by atoms with van der Waals surface area (Å²) in [4.78, 5) is 6.39.